The molecule has 0 aliphatic rings. The van der Waals surface area contributed by atoms with Crippen molar-refractivity contribution in [3.63, 3.8) is 0 Å². The van der Waals surface area contributed by atoms with Crippen LogP contribution in [0.25, 0.3) is 131 Å². The normalized spacial score (nSPS) is 12.3. The Hall–Kier alpha value is -7.42. The third kappa shape index (κ3) is 4.16. The van der Waals surface area contributed by atoms with Gasteiger partial charge in [-0.25, -0.2) is 0 Å². The van der Waals surface area contributed by atoms with Gasteiger partial charge < -0.3 is 8.83 Å². The Bertz CT molecular complexity index is 3500. The molecule has 0 saturated carbocycles. The van der Waals surface area contributed by atoms with Crippen molar-refractivity contribution in [2.75, 3.05) is 0 Å². The van der Waals surface area contributed by atoms with E-state index in [0.29, 0.717) is 0 Å². The Kier molecular flexibility index (Phi) is 5.92. The first kappa shape index (κ1) is 30.0. The van der Waals surface area contributed by atoms with Crippen LogP contribution < -0.4 is 0 Å². The van der Waals surface area contributed by atoms with Gasteiger partial charge in [-0.15, -0.1) is 0 Å². The molecule has 0 spiro atoms. The van der Waals surface area contributed by atoms with Crippen molar-refractivity contribution in [2.45, 2.75) is 0 Å². The molecule has 2 nitrogen and oxygen atoms in total. The monoisotopic (exact) mass is 710 g/mol. The Balaban J connectivity index is 0.914. The molecule has 0 unspecified atom stereocenters. The maximum absolute atomic E-state index is 6.57. The van der Waals surface area contributed by atoms with E-state index in [4.69, 9.17) is 8.83 Å². The summed E-state index contributed by atoms with van der Waals surface area (Å²) in [5, 5.41) is 19.7. The largest absolute Gasteiger partial charge is 0.456 e. The summed E-state index contributed by atoms with van der Waals surface area (Å²) in [5.41, 5.74) is 8.00. The van der Waals surface area contributed by atoms with Gasteiger partial charge in [0.1, 0.15) is 22.3 Å². The number of hydrogen-bond donors (Lipinski definition) is 0. The molecule has 2 heteroatoms. The van der Waals surface area contributed by atoms with Gasteiger partial charge in [0.15, 0.2) is 0 Å². The van der Waals surface area contributed by atoms with E-state index in [1.165, 1.54) is 75.8 Å². The van der Waals surface area contributed by atoms with Crippen molar-refractivity contribution in [3.8, 4) is 22.3 Å². The van der Waals surface area contributed by atoms with Crippen molar-refractivity contribution >= 4 is 109 Å². The molecule has 2 aromatic heterocycles. The van der Waals surface area contributed by atoms with E-state index in [-0.39, 0.29) is 0 Å². The highest BCUT2D eigenvalue weighted by molar-refractivity contribution is 6.27. The fourth-order valence-electron chi connectivity index (χ4n) is 9.58. The Morgan fingerprint density at radius 3 is 0.804 bits per heavy atom. The number of fused-ring (bicyclic) bond motifs is 18. The van der Waals surface area contributed by atoms with E-state index < -0.39 is 0 Å². The highest BCUT2D eigenvalue weighted by Gasteiger charge is 2.17. The van der Waals surface area contributed by atoms with Crippen LogP contribution in [0.15, 0.2) is 191 Å². The maximum atomic E-state index is 6.57. The van der Waals surface area contributed by atoms with E-state index in [9.17, 15) is 0 Å². The molecule has 0 radical (unpaired) electrons. The Morgan fingerprint density at radius 1 is 0.179 bits per heavy atom. The average Bonchev–Trinajstić information content (AvgIpc) is 3.81. The minimum atomic E-state index is 0.827. The second kappa shape index (κ2) is 11.1. The molecule has 11 aromatic carbocycles. The summed E-state index contributed by atoms with van der Waals surface area (Å²) in [6, 6.07) is 66.1. The lowest BCUT2D eigenvalue weighted by Gasteiger charge is -2.12. The molecule has 0 aliphatic heterocycles. The number of furan rings is 2. The van der Waals surface area contributed by atoms with Crippen LogP contribution in [0.1, 0.15) is 0 Å². The van der Waals surface area contributed by atoms with Crippen LogP contribution in [0.5, 0.6) is 0 Å². The molecule has 13 rings (SSSR count). The van der Waals surface area contributed by atoms with Crippen LogP contribution in [0.4, 0.5) is 0 Å². The summed E-state index contributed by atoms with van der Waals surface area (Å²) in [4.78, 5) is 0. The minimum absolute atomic E-state index is 0.827. The molecule has 0 fully saturated rings. The van der Waals surface area contributed by atoms with Gasteiger partial charge in [0.25, 0.3) is 0 Å². The second-order valence-corrected chi connectivity index (χ2v) is 15.2. The second-order valence-electron chi connectivity index (χ2n) is 15.2. The van der Waals surface area contributed by atoms with Gasteiger partial charge in [0, 0.05) is 27.6 Å². The van der Waals surface area contributed by atoms with Crippen LogP contribution in [-0.4, -0.2) is 0 Å². The average molecular weight is 711 g/mol. The van der Waals surface area contributed by atoms with Crippen molar-refractivity contribution in [1.29, 1.82) is 0 Å². The molecule has 2 heterocycles. The summed E-state index contributed by atoms with van der Waals surface area (Å²) in [7, 11) is 0. The molecule has 0 bridgehead atoms. The maximum Gasteiger partial charge on any atom is 0.139 e. The van der Waals surface area contributed by atoms with Gasteiger partial charge in [0.05, 0.1) is 0 Å². The third-order valence-corrected chi connectivity index (χ3v) is 12.2. The lowest BCUT2D eigenvalue weighted by molar-refractivity contribution is 0.656. The molecular formula is C54H30O2. The summed E-state index contributed by atoms with van der Waals surface area (Å²) >= 11 is 0. The lowest BCUT2D eigenvalue weighted by atomic mass is 9.92. The zero-order chi connectivity index (χ0) is 36.5. The highest BCUT2D eigenvalue weighted by atomic mass is 16.3. The summed E-state index contributed by atoms with van der Waals surface area (Å²) < 4.78 is 13.1. The van der Waals surface area contributed by atoms with Gasteiger partial charge in [0.2, 0.25) is 0 Å². The first-order chi connectivity index (χ1) is 27.7. The lowest BCUT2D eigenvalue weighted by Crippen LogP contribution is -1.85. The Labute approximate surface area is 320 Å². The van der Waals surface area contributed by atoms with Gasteiger partial charge in [-0.3, -0.25) is 0 Å². The quantitative estimate of drug-likeness (QED) is 0.167. The van der Waals surface area contributed by atoms with E-state index in [1.807, 2.05) is 0 Å². The fourth-order valence-corrected chi connectivity index (χ4v) is 9.58. The molecule has 0 aliphatic carbocycles. The van der Waals surface area contributed by atoms with Crippen molar-refractivity contribution in [1.82, 2.24) is 0 Å². The zero-order valence-electron chi connectivity index (χ0n) is 30.1. The SMILES string of the molecule is c1ccc2c(c1)c1ccccc1c1cc(-c3ccc4c(c3)oc3cc5oc6cc(-c7ccc8c9ccccc9c9ccccc9c8c7)ccc6c5cc34)ccc21. The first-order valence-electron chi connectivity index (χ1n) is 19.2. The zero-order valence-corrected chi connectivity index (χ0v) is 30.1. The van der Waals surface area contributed by atoms with E-state index in [2.05, 4.69) is 182 Å². The predicted octanol–water partition coefficient (Wildman–Crippen LogP) is 15.7. The van der Waals surface area contributed by atoms with Gasteiger partial charge in [-0.05, 0) is 129 Å². The van der Waals surface area contributed by atoms with Crippen LogP contribution in [-0.2, 0) is 0 Å². The smallest absolute Gasteiger partial charge is 0.139 e. The summed E-state index contributed by atoms with van der Waals surface area (Å²) in [5.74, 6) is 0. The van der Waals surface area contributed by atoms with Gasteiger partial charge in [-0.1, -0.05) is 133 Å². The van der Waals surface area contributed by atoms with Crippen molar-refractivity contribution in [2.24, 2.45) is 0 Å². The predicted molar refractivity (Wildman–Crippen MR) is 237 cm³/mol. The topological polar surface area (TPSA) is 26.3 Å². The third-order valence-electron chi connectivity index (χ3n) is 12.2. The molecule has 258 valence electrons. The minimum Gasteiger partial charge on any atom is -0.456 e. The molecule has 0 amide bonds. The number of benzene rings is 11. The van der Waals surface area contributed by atoms with Crippen LogP contribution in [0, 0.1) is 0 Å². The van der Waals surface area contributed by atoms with Crippen LogP contribution in [0.2, 0.25) is 0 Å². The van der Waals surface area contributed by atoms with Crippen molar-refractivity contribution < 1.29 is 8.83 Å². The summed E-state index contributed by atoms with van der Waals surface area (Å²) in [6.07, 6.45) is 0. The van der Waals surface area contributed by atoms with Crippen LogP contribution in [0.3, 0.4) is 0 Å². The van der Waals surface area contributed by atoms with E-state index in [1.54, 1.807) is 0 Å². The van der Waals surface area contributed by atoms with Crippen LogP contribution >= 0.6 is 0 Å². The molecule has 13 aromatic rings. The molecular weight excluding hydrogens is 681 g/mol. The number of rotatable bonds is 2. The van der Waals surface area contributed by atoms with E-state index in [0.717, 1.165) is 55.0 Å². The van der Waals surface area contributed by atoms with Gasteiger partial charge >= 0.3 is 0 Å². The summed E-state index contributed by atoms with van der Waals surface area (Å²) in [6.45, 7) is 0. The number of hydrogen-bond acceptors (Lipinski definition) is 2. The fraction of sp³-hybridized carbons (Fsp3) is 0. The molecule has 0 N–H and O–H groups in total. The van der Waals surface area contributed by atoms with E-state index >= 15 is 0 Å². The Morgan fingerprint density at radius 2 is 0.446 bits per heavy atom. The first-order valence-corrected chi connectivity index (χ1v) is 19.2. The molecule has 0 saturated heterocycles. The van der Waals surface area contributed by atoms with Gasteiger partial charge in [-0.2, -0.15) is 0 Å². The molecule has 0 atom stereocenters. The standard InChI is InChI=1S/C54H30O2/c1-3-13-39-35(9-1)37-11-5-7-15-41(37)47-25-31(17-21-43(39)47)33-19-23-45-49-29-50-46-24-20-34(28-52(46)56-54(50)30-53(49)55-51(45)27-33)32-18-22-44-40-14-4-2-10-36(40)38-12-6-8-16-42(38)48(44)26-32/h1-30H. The highest BCUT2D eigenvalue weighted by Crippen LogP contribution is 2.42. The van der Waals surface area contributed by atoms with Crippen molar-refractivity contribution in [3.05, 3.63) is 182 Å². The molecule has 56 heavy (non-hydrogen) atoms.